The van der Waals surface area contributed by atoms with Gasteiger partial charge in [-0.1, -0.05) is 23.7 Å². The molecule has 33 heavy (non-hydrogen) atoms. The van der Waals surface area contributed by atoms with Crippen molar-refractivity contribution in [1.82, 2.24) is 15.1 Å². The summed E-state index contributed by atoms with van der Waals surface area (Å²) in [7, 11) is -4.01. The molecule has 0 aliphatic carbocycles. The average molecular weight is 485 g/mol. The number of aromatic nitrogens is 2. The van der Waals surface area contributed by atoms with Crippen LogP contribution in [0.3, 0.4) is 0 Å². The number of carbonyl (C=O) groups excluding carboxylic acids is 1. The van der Waals surface area contributed by atoms with Crippen LogP contribution in [0.1, 0.15) is 15.9 Å². The van der Waals surface area contributed by atoms with Crippen LogP contribution >= 0.6 is 11.6 Å². The monoisotopic (exact) mass is 484 g/mol. The third kappa shape index (κ3) is 5.39. The number of benzene rings is 3. The molecular formula is C23H18ClFN4O3S. The fourth-order valence-electron chi connectivity index (χ4n) is 3.04. The lowest BCUT2D eigenvalue weighted by Crippen LogP contribution is -2.24. The number of carbonyl (C=O) groups is 1. The average Bonchev–Trinajstić information content (AvgIpc) is 3.34. The molecule has 0 bridgehead atoms. The predicted molar refractivity (Wildman–Crippen MR) is 123 cm³/mol. The van der Waals surface area contributed by atoms with Gasteiger partial charge >= 0.3 is 0 Å². The zero-order valence-electron chi connectivity index (χ0n) is 17.1. The Kier molecular flexibility index (Phi) is 6.43. The van der Waals surface area contributed by atoms with Crippen molar-refractivity contribution < 1.29 is 17.6 Å². The highest BCUT2D eigenvalue weighted by molar-refractivity contribution is 7.92. The van der Waals surface area contributed by atoms with Crippen LogP contribution in [0.15, 0.2) is 90.1 Å². The second-order valence-electron chi connectivity index (χ2n) is 7.05. The molecular weight excluding hydrogens is 467 g/mol. The number of hydrogen-bond donors (Lipinski definition) is 2. The van der Waals surface area contributed by atoms with E-state index in [9.17, 15) is 17.6 Å². The number of amides is 1. The quantitative estimate of drug-likeness (QED) is 0.406. The Balaban J connectivity index is 1.46. The maximum absolute atomic E-state index is 13.1. The molecule has 4 aromatic rings. The largest absolute Gasteiger partial charge is 0.348 e. The van der Waals surface area contributed by atoms with Crippen LogP contribution in [0.4, 0.5) is 10.1 Å². The topological polar surface area (TPSA) is 93.1 Å². The molecule has 1 heterocycles. The van der Waals surface area contributed by atoms with E-state index in [-0.39, 0.29) is 27.7 Å². The Hall–Kier alpha value is -3.69. The maximum atomic E-state index is 13.1. The Labute approximate surface area is 194 Å². The molecule has 0 aliphatic rings. The van der Waals surface area contributed by atoms with Crippen molar-refractivity contribution in [3.63, 3.8) is 0 Å². The summed E-state index contributed by atoms with van der Waals surface area (Å²) < 4.78 is 42.5. The van der Waals surface area contributed by atoms with Gasteiger partial charge in [-0.25, -0.2) is 17.5 Å². The second kappa shape index (κ2) is 9.43. The first-order valence-corrected chi connectivity index (χ1v) is 11.6. The number of hydrogen-bond acceptors (Lipinski definition) is 4. The van der Waals surface area contributed by atoms with E-state index in [1.54, 1.807) is 10.9 Å². The molecule has 1 amide bonds. The van der Waals surface area contributed by atoms with Gasteiger partial charge in [0.25, 0.3) is 15.9 Å². The highest BCUT2D eigenvalue weighted by Gasteiger charge is 2.19. The smallest absolute Gasteiger partial charge is 0.261 e. The lowest BCUT2D eigenvalue weighted by Gasteiger charge is -2.11. The first-order valence-electron chi connectivity index (χ1n) is 9.77. The van der Waals surface area contributed by atoms with Gasteiger partial charge in [-0.2, -0.15) is 5.10 Å². The molecule has 0 spiro atoms. The van der Waals surface area contributed by atoms with Gasteiger partial charge in [0.1, 0.15) is 5.82 Å². The second-order valence-corrected chi connectivity index (χ2v) is 9.14. The van der Waals surface area contributed by atoms with Gasteiger partial charge in [0, 0.05) is 24.6 Å². The fraction of sp³-hybridized carbons (Fsp3) is 0.0435. The summed E-state index contributed by atoms with van der Waals surface area (Å²) in [5, 5.41) is 7.01. The van der Waals surface area contributed by atoms with Gasteiger partial charge in [0.15, 0.2) is 0 Å². The number of nitrogens with zero attached hydrogens (tertiary/aromatic N) is 2. The summed E-state index contributed by atoms with van der Waals surface area (Å²) in [5.74, 6) is -1.01. The van der Waals surface area contributed by atoms with E-state index in [1.165, 1.54) is 30.3 Å². The molecule has 1 aromatic heterocycles. The van der Waals surface area contributed by atoms with Gasteiger partial charge in [-0.15, -0.1) is 0 Å². The van der Waals surface area contributed by atoms with Crippen LogP contribution < -0.4 is 10.0 Å². The lowest BCUT2D eigenvalue weighted by atomic mass is 10.2. The van der Waals surface area contributed by atoms with E-state index in [4.69, 9.17) is 11.6 Å². The maximum Gasteiger partial charge on any atom is 0.261 e. The van der Waals surface area contributed by atoms with E-state index >= 15 is 0 Å². The number of rotatable bonds is 7. The first-order chi connectivity index (χ1) is 15.8. The molecule has 0 unspecified atom stereocenters. The SMILES string of the molecule is O=C(NCc1ccc(-n2cccn2)cc1)c1cc(S(=O)(=O)Nc2ccc(F)cc2)ccc1Cl. The molecule has 0 radical (unpaired) electrons. The molecule has 0 aliphatic heterocycles. The normalized spacial score (nSPS) is 11.2. The van der Waals surface area contributed by atoms with Crippen LogP contribution in [0, 0.1) is 5.82 Å². The van der Waals surface area contributed by atoms with Gasteiger partial charge in [0.05, 0.1) is 21.2 Å². The lowest BCUT2D eigenvalue weighted by molar-refractivity contribution is 0.0951. The molecule has 10 heteroatoms. The molecule has 0 atom stereocenters. The molecule has 0 saturated heterocycles. The minimum Gasteiger partial charge on any atom is -0.348 e. The summed E-state index contributed by atoms with van der Waals surface area (Å²) in [6, 6.07) is 18.0. The number of sulfonamides is 1. The summed E-state index contributed by atoms with van der Waals surface area (Å²) in [4.78, 5) is 12.6. The van der Waals surface area contributed by atoms with Crippen LogP contribution in [0.25, 0.3) is 5.69 Å². The van der Waals surface area contributed by atoms with Crippen LogP contribution in [0.5, 0.6) is 0 Å². The third-order valence-electron chi connectivity index (χ3n) is 4.75. The Morgan fingerprint density at radius 1 is 1.03 bits per heavy atom. The molecule has 168 valence electrons. The van der Waals surface area contributed by atoms with E-state index in [1.807, 2.05) is 36.5 Å². The Morgan fingerprint density at radius 2 is 1.76 bits per heavy atom. The standard InChI is InChI=1S/C23H18ClFN4O3S/c24-22-11-10-20(33(31,32)28-18-6-4-17(25)5-7-18)14-21(22)23(30)26-15-16-2-8-19(9-3-16)29-13-1-12-27-29/h1-14,28H,15H2,(H,26,30). The minimum atomic E-state index is -4.01. The summed E-state index contributed by atoms with van der Waals surface area (Å²) in [6.07, 6.45) is 3.51. The zero-order valence-corrected chi connectivity index (χ0v) is 18.6. The number of anilines is 1. The van der Waals surface area contributed by atoms with Gasteiger partial charge in [0.2, 0.25) is 0 Å². The van der Waals surface area contributed by atoms with E-state index in [2.05, 4.69) is 15.1 Å². The zero-order chi connectivity index (χ0) is 23.4. The van der Waals surface area contributed by atoms with Crippen LogP contribution in [0.2, 0.25) is 5.02 Å². The number of halogens is 2. The summed E-state index contributed by atoms with van der Waals surface area (Å²) in [6.45, 7) is 0.222. The van der Waals surface area contributed by atoms with E-state index in [0.717, 1.165) is 23.4 Å². The fourth-order valence-corrected chi connectivity index (χ4v) is 4.33. The van der Waals surface area contributed by atoms with Gasteiger partial charge in [-0.3, -0.25) is 9.52 Å². The molecule has 3 aromatic carbocycles. The Bertz CT molecular complexity index is 1370. The molecule has 7 nitrogen and oxygen atoms in total. The van der Waals surface area contributed by atoms with Crippen molar-refractivity contribution in [2.75, 3.05) is 4.72 Å². The van der Waals surface area contributed by atoms with Crippen molar-refractivity contribution in [2.45, 2.75) is 11.4 Å². The number of nitrogens with one attached hydrogen (secondary N) is 2. The minimum absolute atomic E-state index is 0.0202. The van der Waals surface area contributed by atoms with Crippen molar-refractivity contribution in [2.24, 2.45) is 0 Å². The molecule has 0 saturated carbocycles. The predicted octanol–water partition coefficient (Wildman–Crippen LogP) is 4.40. The van der Waals surface area contributed by atoms with Crippen LogP contribution in [-0.2, 0) is 16.6 Å². The van der Waals surface area contributed by atoms with Gasteiger partial charge in [-0.05, 0) is 66.2 Å². The summed E-state index contributed by atoms with van der Waals surface area (Å²) >= 11 is 6.15. The van der Waals surface area contributed by atoms with Crippen molar-refractivity contribution in [3.8, 4) is 5.69 Å². The highest BCUT2D eigenvalue weighted by atomic mass is 35.5. The molecule has 0 fully saturated rings. The summed E-state index contributed by atoms with van der Waals surface area (Å²) in [5.41, 5.74) is 1.93. The van der Waals surface area contributed by atoms with E-state index in [0.29, 0.717) is 0 Å². The molecule has 2 N–H and O–H groups in total. The van der Waals surface area contributed by atoms with E-state index < -0.39 is 21.7 Å². The molecule has 4 rings (SSSR count). The first kappa shape index (κ1) is 22.5. The van der Waals surface area contributed by atoms with Crippen LogP contribution in [-0.4, -0.2) is 24.1 Å². The van der Waals surface area contributed by atoms with Gasteiger partial charge < -0.3 is 5.32 Å². The third-order valence-corrected chi connectivity index (χ3v) is 6.46. The van der Waals surface area contributed by atoms with Crippen molar-refractivity contribution in [3.05, 3.63) is 107 Å². The Morgan fingerprint density at radius 3 is 2.42 bits per heavy atom. The van der Waals surface area contributed by atoms with Crippen molar-refractivity contribution >= 4 is 33.2 Å². The highest BCUT2D eigenvalue weighted by Crippen LogP contribution is 2.23. The van der Waals surface area contributed by atoms with Crippen molar-refractivity contribution in [1.29, 1.82) is 0 Å².